The quantitative estimate of drug-likeness (QED) is 0.0403. The highest BCUT2D eigenvalue weighted by molar-refractivity contribution is 7.30. The highest BCUT2D eigenvalue weighted by Gasteiger charge is 2.09. The lowest BCUT2D eigenvalue weighted by Gasteiger charge is -2.17. The maximum atomic E-state index is 11.0. The van der Waals surface area contributed by atoms with Crippen molar-refractivity contribution in [3.63, 3.8) is 0 Å². The summed E-state index contributed by atoms with van der Waals surface area (Å²) in [4.78, 5) is 18.4. The predicted octanol–water partition coefficient (Wildman–Crippen LogP) is 10.8. The Bertz CT molecular complexity index is 1590. The minimum atomic E-state index is -0.343. The second kappa shape index (κ2) is 19.1. The van der Waals surface area contributed by atoms with Gasteiger partial charge < -0.3 is 14.4 Å². The highest BCUT2D eigenvalue weighted by atomic mass is 32.1. The van der Waals surface area contributed by atoms with Gasteiger partial charge in [0.2, 0.25) is 5.13 Å². The zero-order valence-corrected chi connectivity index (χ0v) is 27.8. The number of esters is 1. The number of ether oxygens (including phenoxy) is 2. The number of carbonyl (C=O) groups is 1. The lowest BCUT2D eigenvalue weighted by atomic mass is 10.1. The Balaban J connectivity index is 1.12. The molecule has 4 aromatic rings. The molecule has 0 amide bonds. The fourth-order valence-electron chi connectivity index (χ4n) is 4.43. The van der Waals surface area contributed by atoms with Gasteiger partial charge in [-0.1, -0.05) is 67.8 Å². The van der Waals surface area contributed by atoms with Crippen LogP contribution in [-0.2, 0) is 9.53 Å². The number of unbranched alkanes of at least 4 members (excludes halogenated alkanes) is 7. The summed E-state index contributed by atoms with van der Waals surface area (Å²) < 4.78 is 11.9. The molecule has 0 saturated heterocycles. The van der Waals surface area contributed by atoms with E-state index < -0.39 is 0 Å². The molecule has 240 valence electrons. The van der Waals surface area contributed by atoms with E-state index in [4.69, 9.17) is 14.7 Å². The van der Waals surface area contributed by atoms with Crippen LogP contribution in [0.2, 0.25) is 0 Å². The maximum absolute atomic E-state index is 11.0. The van der Waals surface area contributed by atoms with E-state index in [1.165, 1.54) is 54.4 Å². The van der Waals surface area contributed by atoms with E-state index in [-0.39, 0.29) is 5.97 Å². The Hall–Kier alpha value is -4.47. The van der Waals surface area contributed by atoms with Crippen molar-refractivity contribution in [1.82, 2.24) is 4.98 Å². The van der Waals surface area contributed by atoms with Gasteiger partial charge >= 0.3 is 5.97 Å². The minimum Gasteiger partial charge on any atom is -0.494 e. The number of aromatic nitrogens is 1. The van der Waals surface area contributed by atoms with Crippen molar-refractivity contribution in [2.75, 3.05) is 31.7 Å². The Labute approximate surface area is 278 Å². The third-order valence-corrected chi connectivity index (χ3v) is 8.91. The Morgan fingerprint density at radius 3 is 2.17 bits per heavy atom. The van der Waals surface area contributed by atoms with Crippen LogP contribution in [-0.4, -0.2) is 37.8 Å². The van der Waals surface area contributed by atoms with Gasteiger partial charge in [-0.05, 0) is 67.4 Å². The average Bonchev–Trinajstić information content (AvgIpc) is 3.65. The van der Waals surface area contributed by atoms with Crippen LogP contribution in [0.5, 0.6) is 5.75 Å². The molecule has 10 nitrogen and oxygen atoms in total. The first-order valence-electron chi connectivity index (χ1n) is 15.5. The molecule has 4 rings (SSSR count). The van der Waals surface area contributed by atoms with Gasteiger partial charge in [-0.15, -0.1) is 20.5 Å². The van der Waals surface area contributed by atoms with Crippen molar-refractivity contribution in [3.05, 3.63) is 67.3 Å². The highest BCUT2D eigenvalue weighted by Crippen LogP contribution is 2.39. The predicted molar refractivity (Wildman–Crippen MR) is 186 cm³/mol. The summed E-state index contributed by atoms with van der Waals surface area (Å²) in [6, 6.07) is 19.5. The molecule has 12 heteroatoms. The number of thiophene rings is 1. The topological polar surface area (TPSA) is 125 Å². The third-order valence-electron chi connectivity index (χ3n) is 6.98. The van der Waals surface area contributed by atoms with Gasteiger partial charge in [0.25, 0.3) is 0 Å². The van der Waals surface area contributed by atoms with E-state index in [9.17, 15) is 4.79 Å². The van der Waals surface area contributed by atoms with Crippen LogP contribution in [0, 0.1) is 11.3 Å². The molecule has 2 heterocycles. The SMILES string of the molecule is C=CC(=O)OCCCCCCCCCCOc1ccc(N=Nc2cc3sc(N=Nc4ccc(N(C)CCC#N)cc4)nc3s2)cc1. The number of nitriles is 1. The van der Waals surface area contributed by atoms with Crippen molar-refractivity contribution in [2.45, 2.75) is 57.8 Å². The Morgan fingerprint density at radius 1 is 0.891 bits per heavy atom. The number of azo groups is 2. The fourth-order valence-corrected chi connectivity index (χ4v) is 6.28. The number of rotatable bonds is 20. The monoisotopic (exact) mass is 657 g/mol. The molecule has 2 aromatic carbocycles. The number of anilines is 1. The number of hydrogen-bond acceptors (Lipinski definition) is 12. The Kier molecular flexibility index (Phi) is 14.3. The van der Waals surface area contributed by atoms with Crippen molar-refractivity contribution in [1.29, 1.82) is 5.26 Å². The van der Waals surface area contributed by atoms with Crippen molar-refractivity contribution >= 4 is 65.4 Å². The smallest absolute Gasteiger partial charge is 0.330 e. The summed E-state index contributed by atoms with van der Waals surface area (Å²) in [5.41, 5.74) is 2.52. The number of benzene rings is 2. The molecule has 2 aromatic heterocycles. The second-order valence-electron chi connectivity index (χ2n) is 10.5. The molecule has 0 radical (unpaired) electrons. The molecule has 46 heavy (non-hydrogen) atoms. The van der Waals surface area contributed by atoms with E-state index in [0.29, 0.717) is 31.3 Å². The summed E-state index contributed by atoms with van der Waals surface area (Å²) in [6.07, 6.45) is 10.7. The molecular weight excluding hydrogens is 619 g/mol. The van der Waals surface area contributed by atoms with Crippen LogP contribution >= 0.6 is 22.7 Å². The van der Waals surface area contributed by atoms with Gasteiger partial charge in [0, 0.05) is 25.4 Å². The van der Waals surface area contributed by atoms with Crippen LogP contribution in [0.25, 0.3) is 9.53 Å². The molecular formula is C34H39N7O3S2. The molecule has 0 aliphatic carbocycles. The number of thiazole rings is 1. The molecule has 0 aliphatic rings. The van der Waals surface area contributed by atoms with Crippen LogP contribution in [0.4, 0.5) is 27.2 Å². The summed E-state index contributed by atoms with van der Waals surface area (Å²) in [7, 11) is 1.96. The standard InChI is InChI=1S/C34H39N7O3S2/c1-3-32(42)44-24-11-9-7-5-4-6-8-10-23-43-29-19-15-27(16-20-29)37-39-31-25-30-33(46-31)36-34(45-30)40-38-26-13-17-28(18-14-26)41(2)22-12-21-35/h3,13-20,25H,1,4-12,22-24H2,2H3. The van der Waals surface area contributed by atoms with Gasteiger partial charge in [-0.2, -0.15) is 5.26 Å². The average molecular weight is 658 g/mol. The van der Waals surface area contributed by atoms with Crippen LogP contribution in [0.3, 0.4) is 0 Å². The van der Waals surface area contributed by atoms with Gasteiger partial charge in [0.15, 0.2) is 0 Å². The fraction of sp³-hybridized carbons (Fsp3) is 0.382. The number of fused-ring (bicyclic) bond motifs is 1. The normalized spacial score (nSPS) is 11.3. The lowest BCUT2D eigenvalue weighted by molar-refractivity contribution is -0.137. The van der Waals surface area contributed by atoms with Gasteiger partial charge in [-0.25, -0.2) is 9.78 Å². The molecule has 0 saturated carbocycles. The van der Waals surface area contributed by atoms with Gasteiger partial charge in [-0.3, -0.25) is 0 Å². The number of hydrogen-bond donors (Lipinski definition) is 0. The summed E-state index contributed by atoms with van der Waals surface area (Å²) in [5.74, 6) is 0.488. The van der Waals surface area contributed by atoms with E-state index in [1.807, 2.05) is 66.5 Å². The zero-order valence-electron chi connectivity index (χ0n) is 26.1. The second-order valence-corrected chi connectivity index (χ2v) is 12.6. The van der Waals surface area contributed by atoms with Gasteiger partial charge in [0.05, 0.1) is 41.8 Å². The van der Waals surface area contributed by atoms with Crippen molar-refractivity contribution < 1.29 is 14.3 Å². The summed E-state index contributed by atoms with van der Waals surface area (Å²) >= 11 is 2.93. The first-order chi connectivity index (χ1) is 22.5. The summed E-state index contributed by atoms with van der Waals surface area (Å²) in [5, 5.41) is 27.5. The first kappa shape index (κ1) is 34.4. The molecule has 0 spiro atoms. The van der Waals surface area contributed by atoms with Crippen molar-refractivity contribution in [3.8, 4) is 11.8 Å². The van der Waals surface area contributed by atoms with E-state index >= 15 is 0 Å². The molecule has 0 aliphatic heterocycles. The van der Waals surface area contributed by atoms with E-state index in [0.717, 1.165) is 63.0 Å². The molecule has 0 fully saturated rings. The molecule has 0 unspecified atom stereocenters. The first-order valence-corrected chi connectivity index (χ1v) is 17.1. The third kappa shape index (κ3) is 11.8. The number of carbonyl (C=O) groups excluding carboxylic acids is 1. The molecule has 0 atom stereocenters. The van der Waals surface area contributed by atoms with Crippen LogP contribution < -0.4 is 9.64 Å². The van der Waals surface area contributed by atoms with Crippen molar-refractivity contribution in [2.24, 2.45) is 20.5 Å². The molecule has 0 N–H and O–H groups in total. The maximum Gasteiger partial charge on any atom is 0.330 e. The summed E-state index contributed by atoms with van der Waals surface area (Å²) in [6.45, 7) is 5.25. The molecule has 0 bridgehead atoms. The van der Waals surface area contributed by atoms with Crippen LogP contribution in [0.1, 0.15) is 57.8 Å². The van der Waals surface area contributed by atoms with E-state index in [1.54, 1.807) is 0 Å². The minimum absolute atomic E-state index is 0.343. The van der Waals surface area contributed by atoms with Crippen LogP contribution in [0.15, 0.2) is 87.7 Å². The largest absolute Gasteiger partial charge is 0.494 e. The Morgan fingerprint density at radius 2 is 1.52 bits per heavy atom. The lowest BCUT2D eigenvalue weighted by Crippen LogP contribution is -2.17. The number of nitrogens with zero attached hydrogens (tertiary/aromatic N) is 7. The van der Waals surface area contributed by atoms with E-state index in [2.05, 4.69) is 38.1 Å². The zero-order chi connectivity index (χ0) is 32.4. The van der Waals surface area contributed by atoms with Gasteiger partial charge in [0.1, 0.15) is 15.6 Å².